The summed E-state index contributed by atoms with van der Waals surface area (Å²) < 4.78 is 0. The maximum absolute atomic E-state index is 6.93. The number of H-pyrrole nitrogens is 1. The molecule has 138 valence electrons. The second-order valence-electron chi connectivity index (χ2n) is 7.25. The van der Waals surface area contributed by atoms with Crippen LogP contribution < -0.4 is 0 Å². The third-order valence-electron chi connectivity index (χ3n) is 5.32. The molecule has 0 aliphatic heterocycles. The molecule has 29 heavy (non-hydrogen) atoms. The first kappa shape index (κ1) is 16.5. The second-order valence-corrected chi connectivity index (χ2v) is 7.63. The van der Waals surface area contributed by atoms with Crippen molar-refractivity contribution in [3.63, 3.8) is 0 Å². The molecule has 0 fully saturated rings. The Kier molecular flexibility index (Phi) is 3.40. The Bertz CT molecular complexity index is 1550. The van der Waals surface area contributed by atoms with E-state index in [0.717, 1.165) is 55.0 Å². The number of benzene rings is 4. The Morgan fingerprint density at radius 1 is 0.724 bits per heavy atom. The fourth-order valence-corrected chi connectivity index (χ4v) is 4.28. The van der Waals surface area contributed by atoms with E-state index in [2.05, 4.69) is 18.0 Å². The highest BCUT2D eigenvalue weighted by molar-refractivity contribution is 6.41. The Morgan fingerprint density at radius 2 is 1.48 bits per heavy atom. The van der Waals surface area contributed by atoms with E-state index in [-0.39, 0.29) is 0 Å². The lowest BCUT2D eigenvalue weighted by Gasteiger charge is -2.12. The van der Waals surface area contributed by atoms with Crippen molar-refractivity contribution >= 4 is 55.5 Å². The van der Waals surface area contributed by atoms with Gasteiger partial charge in [-0.05, 0) is 36.8 Å². The Balaban J connectivity index is 1.83. The van der Waals surface area contributed by atoms with Crippen LogP contribution in [-0.2, 0) is 0 Å². The number of nitrogens with one attached hydrogen (secondary N) is 1. The zero-order valence-electron chi connectivity index (χ0n) is 15.6. The number of imidazole rings is 1. The van der Waals surface area contributed by atoms with Gasteiger partial charge in [-0.3, -0.25) is 0 Å². The second kappa shape index (κ2) is 6.00. The minimum Gasteiger partial charge on any atom is -0.338 e. The largest absolute Gasteiger partial charge is 0.338 e. The molecule has 6 rings (SSSR count). The van der Waals surface area contributed by atoms with Gasteiger partial charge < -0.3 is 4.98 Å². The molecule has 0 radical (unpaired) electrons. The van der Waals surface area contributed by atoms with Gasteiger partial charge in [0.15, 0.2) is 0 Å². The number of hydrogen-bond acceptors (Lipinski definition) is 3. The van der Waals surface area contributed by atoms with Crippen LogP contribution in [0.3, 0.4) is 0 Å². The summed E-state index contributed by atoms with van der Waals surface area (Å²) in [5.74, 6) is 0.702. The molecular formula is C24H15ClN4. The minimum atomic E-state index is 0.632. The van der Waals surface area contributed by atoms with E-state index in [4.69, 9.17) is 26.6 Å². The molecule has 0 saturated heterocycles. The van der Waals surface area contributed by atoms with Gasteiger partial charge in [0.05, 0.1) is 38.2 Å². The average molecular weight is 395 g/mol. The van der Waals surface area contributed by atoms with Crippen molar-refractivity contribution in [3.05, 3.63) is 77.3 Å². The fourth-order valence-electron chi connectivity index (χ4n) is 3.93. The molecule has 5 heteroatoms. The van der Waals surface area contributed by atoms with Crippen LogP contribution in [-0.4, -0.2) is 19.9 Å². The lowest BCUT2D eigenvalue weighted by Crippen LogP contribution is -1.95. The zero-order chi connectivity index (χ0) is 19.5. The molecule has 0 aliphatic rings. The average Bonchev–Trinajstić information content (AvgIpc) is 3.17. The topological polar surface area (TPSA) is 54.5 Å². The molecule has 0 spiro atoms. The van der Waals surface area contributed by atoms with Gasteiger partial charge >= 0.3 is 0 Å². The third kappa shape index (κ3) is 2.43. The molecule has 2 heterocycles. The van der Waals surface area contributed by atoms with Gasteiger partial charge in [0.1, 0.15) is 11.3 Å². The van der Waals surface area contributed by atoms with Gasteiger partial charge in [-0.25, -0.2) is 15.0 Å². The van der Waals surface area contributed by atoms with Crippen LogP contribution in [0, 0.1) is 6.92 Å². The van der Waals surface area contributed by atoms with Gasteiger partial charge in [-0.1, -0.05) is 54.1 Å². The van der Waals surface area contributed by atoms with E-state index in [1.165, 1.54) is 0 Å². The van der Waals surface area contributed by atoms with Crippen molar-refractivity contribution < 1.29 is 0 Å². The molecule has 0 saturated carbocycles. The number of rotatable bonds is 1. The molecule has 0 atom stereocenters. The van der Waals surface area contributed by atoms with Crippen molar-refractivity contribution in [3.8, 4) is 11.4 Å². The Morgan fingerprint density at radius 3 is 2.34 bits per heavy atom. The molecule has 4 nitrogen and oxygen atoms in total. The summed E-state index contributed by atoms with van der Waals surface area (Å²) in [7, 11) is 0. The third-order valence-corrected chi connectivity index (χ3v) is 5.71. The van der Waals surface area contributed by atoms with Crippen LogP contribution in [0.4, 0.5) is 0 Å². The number of nitrogens with zero attached hydrogens (tertiary/aromatic N) is 3. The summed E-state index contributed by atoms with van der Waals surface area (Å²) >= 11 is 6.93. The highest BCUT2D eigenvalue weighted by atomic mass is 35.5. The van der Waals surface area contributed by atoms with Gasteiger partial charge in [0, 0.05) is 10.8 Å². The van der Waals surface area contributed by atoms with E-state index in [0.29, 0.717) is 10.8 Å². The van der Waals surface area contributed by atoms with E-state index in [1.807, 2.05) is 60.7 Å². The van der Waals surface area contributed by atoms with Gasteiger partial charge in [-0.15, -0.1) is 0 Å². The van der Waals surface area contributed by atoms with E-state index in [1.54, 1.807) is 0 Å². The summed E-state index contributed by atoms with van der Waals surface area (Å²) in [5, 5.41) is 2.56. The van der Waals surface area contributed by atoms with Gasteiger partial charge in [-0.2, -0.15) is 0 Å². The van der Waals surface area contributed by atoms with Crippen LogP contribution in [0.25, 0.3) is 55.3 Å². The first-order valence-corrected chi connectivity index (χ1v) is 9.80. The lowest BCUT2D eigenvalue weighted by atomic mass is 10.0. The number of halogens is 1. The molecular weight excluding hydrogens is 380 g/mol. The predicted molar refractivity (Wildman–Crippen MR) is 119 cm³/mol. The SMILES string of the molecule is Cc1ccc2nc3c(-c4nc5ccccc5[nH]4)c(Cl)c4ccccc4c3nc2c1. The quantitative estimate of drug-likeness (QED) is 0.258. The summed E-state index contributed by atoms with van der Waals surface area (Å²) in [6, 6.07) is 22.1. The predicted octanol–water partition coefficient (Wildman–Crippen LogP) is 6.44. The summed E-state index contributed by atoms with van der Waals surface area (Å²) in [6.45, 7) is 2.06. The molecule has 0 bridgehead atoms. The summed E-state index contributed by atoms with van der Waals surface area (Å²) in [4.78, 5) is 18.1. The van der Waals surface area contributed by atoms with E-state index >= 15 is 0 Å². The van der Waals surface area contributed by atoms with Crippen LogP contribution in [0.15, 0.2) is 66.7 Å². The molecule has 0 amide bonds. The number of aromatic nitrogens is 4. The van der Waals surface area contributed by atoms with Gasteiger partial charge in [0.25, 0.3) is 0 Å². The Labute approximate surface area is 171 Å². The summed E-state index contributed by atoms with van der Waals surface area (Å²) in [6.07, 6.45) is 0. The molecule has 0 unspecified atom stereocenters. The number of aryl methyl sites for hydroxylation is 1. The van der Waals surface area contributed by atoms with Gasteiger partial charge in [0.2, 0.25) is 0 Å². The standard InChI is InChI=1S/C24H15ClN4/c1-13-10-11-18-19(12-13)27-22-15-7-3-2-6-14(15)21(25)20(23(22)26-18)24-28-16-8-4-5-9-17(16)29-24/h2-12H,1H3,(H,28,29). The van der Waals surface area contributed by atoms with Crippen molar-refractivity contribution in [2.75, 3.05) is 0 Å². The van der Waals surface area contributed by atoms with E-state index < -0.39 is 0 Å². The number of hydrogen-bond donors (Lipinski definition) is 1. The maximum atomic E-state index is 6.93. The Hall–Kier alpha value is -3.50. The fraction of sp³-hybridized carbons (Fsp3) is 0.0417. The monoisotopic (exact) mass is 394 g/mol. The molecule has 2 aromatic heterocycles. The number of para-hydroxylation sites is 2. The summed E-state index contributed by atoms with van der Waals surface area (Å²) in [5.41, 5.74) is 7.09. The van der Waals surface area contributed by atoms with Crippen LogP contribution in [0.2, 0.25) is 5.02 Å². The normalized spacial score (nSPS) is 11.8. The van der Waals surface area contributed by atoms with Crippen molar-refractivity contribution in [1.82, 2.24) is 19.9 Å². The molecule has 4 aromatic carbocycles. The smallest absolute Gasteiger partial charge is 0.142 e. The van der Waals surface area contributed by atoms with Crippen LogP contribution >= 0.6 is 11.6 Å². The zero-order valence-corrected chi connectivity index (χ0v) is 16.3. The van der Waals surface area contributed by atoms with Crippen molar-refractivity contribution in [2.24, 2.45) is 0 Å². The van der Waals surface area contributed by atoms with Crippen LogP contribution in [0.1, 0.15) is 5.56 Å². The lowest BCUT2D eigenvalue weighted by molar-refractivity contribution is 1.32. The molecule has 6 aromatic rings. The highest BCUT2D eigenvalue weighted by Crippen LogP contribution is 2.40. The van der Waals surface area contributed by atoms with E-state index in [9.17, 15) is 0 Å². The minimum absolute atomic E-state index is 0.632. The highest BCUT2D eigenvalue weighted by Gasteiger charge is 2.20. The number of aromatic amines is 1. The first-order chi connectivity index (χ1) is 14.2. The van der Waals surface area contributed by atoms with Crippen molar-refractivity contribution in [2.45, 2.75) is 6.92 Å². The molecule has 1 N–H and O–H groups in total. The first-order valence-electron chi connectivity index (χ1n) is 9.42. The van der Waals surface area contributed by atoms with Crippen LogP contribution in [0.5, 0.6) is 0 Å². The molecule has 0 aliphatic carbocycles. The van der Waals surface area contributed by atoms with Crippen molar-refractivity contribution in [1.29, 1.82) is 0 Å². The maximum Gasteiger partial charge on any atom is 0.142 e. The number of fused-ring (bicyclic) bond motifs is 5.